The average Bonchev–Trinajstić information content (AvgIpc) is 2.05. The third-order valence-electron chi connectivity index (χ3n) is 1.25. The van der Waals surface area contributed by atoms with Crippen molar-refractivity contribution in [2.75, 3.05) is 20.2 Å². The van der Waals surface area contributed by atoms with E-state index in [-0.39, 0.29) is 0 Å². The topological polar surface area (TPSA) is 21.3 Å². The zero-order chi connectivity index (χ0) is 9.11. The number of rotatable bonds is 5. The highest BCUT2D eigenvalue weighted by molar-refractivity contribution is 4.50. The van der Waals surface area contributed by atoms with Gasteiger partial charge in [0.25, 0.3) is 0 Å². The molecule has 1 unspecified atom stereocenters. The second-order valence-electron chi connectivity index (χ2n) is 2.16. The van der Waals surface area contributed by atoms with Gasteiger partial charge in [0, 0.05) is 6.61 Å². The van der Waals surface area contributed by atoms with Crippen LogP contribution in [0.3, 0.4) is 0 Å². The van der Waals surface area contributed by atoms with E-state index in [2.05, 4.69) is 12.2 Å². The molecule has 2 nitrogen and oxygen atoms in total. The van der Waals surface area contributed by atoms with E-state index in [0.717, 1.165) is 19.6 Å². The van der Waals surface area contributed by atoms with Crippen LogP contribution < -0.4 is 5.32 Å². The third kappa shape index (κ3) is 13.0. The Bertz CT molecular complexity index is 57.5. The summed E-state index contributed by atoms with van der Waals surface area (Å²) in [6.07, 6.45) is 1.51. The van der Waals surface area contributed by atoms with E-state index < -0.39 is 0 Å². The molecule has 0 saturated heterocycles. The van der Waals surface area contributed by atoms with Gasteiger partial charge >= 0.3 is 0 Å². The highest BCUT2D eigenvalue weighted by atomic mass is 16.5. The Morgan fingerprint density at radius 3 is 2.27 bits per heavy atom. The minimum Gasteiger partial charge on any atom is -0.379 e. The minimum absolute atomic E-state index is 0.405. The lowest BCUT2D eigenvalue weighted by Gasteiger charge is -2.09. The number of ether oxygens (including phenoxy) is 1. The highest BCUT2D eigenvalue weighted by Crippen LogP contribution is 1.93. The summed E-state index contributed by atoms with van der Waals surface area (Å²) < 4.78 is 5.30. The van der Waals surface area contributed by atoms with E-state index in [1.165, 1.54) is 0 Å². The second kappa shape index (κ2) is 12.6. The summed E-state index contributed by atoms with van der Waals surface area (Å²) in [5.74, 6) is 0. The standard InChI is InChI=1S/C7H17NO.C2H6/c1-4-9-7(2)5-6-8-3;1-2/h7-8H,4-6H2,1-3H3;1-2H3. The van der Waals surface area contributed by atoms with Crippen LogP contribution in [0.15, 0.2) is 0 Å². The second-order valence-corrected chi connectivity index (χ2v) is 2.16. The Hall–Kier alpha value is -0.0800. The zero-order valence-corrected chi connectivity index (χ0v) is 8.61. The summed E-state index contributed by atoms with van der Waals surface area (Å²) in [6, 6.07) is 0. The Kier molecular flexibility index (Phi) is 15.4. The zero-order valence-electron chi connectivity index (χ0n) is 8.61. The van der Waals surface area contributed by atoms with Gasteiger partial charge in [0.15, 0.2) is 0 Å². The quantitative estimate of drug-likeness (QED) is 0.666. The molecule has 0 aromatic carbocycles. The molecule has 0 aliphatic heterocycles. The van der Waals surface area contributed by atoms with Gasteiger partial charge < -0.3 is 10.1 Å². The molecule has 0 spiro atoms. The SMILES string of the molecule is CC.CCOC(C)CCNC. The summed E-state index contributed by atoms with van der Waals surface area (Å²) in [5, 5.41) is 3.08. The highest BCUT2D eigenvalue weighted by Gasteiger charge is 1.97. The lowest BCUT2D eigenvalue weighted by molar-refractivity contribution is 0.0708. The molecule has 11 heavy (non-hydrogen) atoms. The molecule has 0 aliphatic rings. The fraction of sp³-hybridized carbons (Fsp3) is 1.00. The van der Waals surface area contributed by atoms with Crippen LogP contribution in [-0.2, 0) is 4.74 Å². The van der Waals surface area contributed by atoms with Crippen LogP contribution in [0, 0.1) is 0 Å². The van der Waals surface area contributed by atoms with E-state index in [0.29, 0.717) is 6.10 Å². The van der Waals surface area contributed by atoms with Gasteiger partial charge in [-0.1, -0.05) is 13.8 Å². The molecule has 0 amide bonds. The molecular weight excluding hydrogens is 138 g/mol. The Balaban J connectivity index is 0. The van der Waals surface area contributed by atoms with E-state index >= 15 is 0 Å². The van der Waals surface area contributed by atoms with E-state index in [4.69, 9.17) is 4.74 Å². The maximum absolute atomic E-state index is 5.30. The fourth-order valence-corrected chi connectivity index (χ4v) is 0.715. The van der Waals surface area contributed by atoms with Gasteiger partial charge in [-0.2, -0.15) is 0 Å². The molecule has 70 valence electrons. The Morgan fingerprint density at radius 1 is 1.36 bits per heavy atom. The van der Waals surface area contributed by atoms with Gasteiger partial charge in [0.2, 0.25) is 0 Å². The normalized spacial score (nSPS) is 11.7. The first-order valence-corrected chi connectivity index (χ1v) is 4.57. The third-order valence-corrected chi connectivity index (χ3v) is 1.25. The van der Waals surface area contributed by atoms with Crippen LogP contribution in [0.2, 0.25) is 0 Å². The van der Waals surface area contributed by atoms with Crippen molar-refractivity contribution >= 4 is 0 Å². The average molecular weight is 161 g/mol. The van der Waals surface area contributed by atoms with Gasteiger partial charge in [-0.3, -0.25) is 0 Å². The van der Waals surface area contributed by atoms with Crippen LogP contribution >= 0.6 is 0 Å². The van der Waals surface area contributed by atoms with Crippen LogP contribution in [0.5, 0.6) is 0 Å². The van der Waals surface area contributed by atoms with E-state index in [9.17, 15) is 0 Å². The summed E-state index contributed by atoms with van der Waals surface area (Å²) in [4.78, 5) is 0. The smallest absolute Gasteiger partial charge is 0.0558 e. The Morgan fingerprint density at radius 2 is 1.91 bits per heavy atom. The van der Waals surface area contributed by atoms with Crippen molar-refractivity contribution in [3.63, 3.8) is 0 Å². The van der Waals surface area contributed by atoms with Crippen LogP contribution in [0.1, 0.15) is 34.1 Å². The fourth-order valence-electron chi connectivity index (χ4n) is 0.715. The molecule has 0 aromatic rings. The monoisotopic (exact) mass is 161 g/mol. The molecule has 0 fully saturated rings. The molecule has 0 bridgehead atoms. The first-order chi connectivity index (χ1) is 5.31. The molecule has 0 aromatic heterocycles. The molecule has 0 rings (SSSR count). The molecule has 2 heteroatoms. The predicted molar refractivity (Wildman–Crippen MR) is 51.0 cm³/mol. The van der Waals surface area contributed by atoms with Crippen molar-refractivity contribution < 1.29 is 4.74 Å². The first kappa shape index (κ1) is 13.5. The van der Waals surface area contributed by atoms with Crippen LogP contribution in [-0.4, -0.2) is 26.3 Å². The maximum atomic E-state index is 5.30. The first-order valence-electron chi connectivity index (χ1n) is 4.57. The van der Waals surface area contributed by atoms with Crippen LogP contribution in [0.25, 0.3) is 0 Å². The largest absolute Gasteiger partial charge is 0.379 e. The van der Waals surface area contributed by atoms with Gasteiger partial charge in [0.05, 0.1) is 6.10 Å². The van der Waals surface area contributed by atoms with E-state index in [1.54, 1.807) is 0 Å². The lowest BCUT2D eigenvalue weighted by Crippen LogP contribution is -2.16. The minimum atomic E-state index is 0.405. The van der Waals surface area contributed by atoms with E-state index in [1.807, 2.05) is 27.8 Å². The van der Waals surface area contributed by atoms with Gasteiger partial charge in [0.1, 0.15) is 0 Å². The van der Waals surface area contributed by atoms with Gasteiger partial charge in [-0.15, -0.1) is 0 Å². The van der Waals surface area contributed by atoms with Crippen LogP contribution in [0.4, 0.5) is 0 Å². The number of nitrogens with one attached hydrogen (secondary N) is 1. The van der Waals surface area contributed by atoms with Crippen molar-refractivity contribution in [2.45, 2.75) is 40.2 Å². The summed E-state index contributed by atoms with van der Waals surface area (Å²) >= 11 is 0. The molecule has 0 heterocycles. The Labute approximate surface area is 71.3 Å². The molecule has 1 atom stereocenters. The molecule has 0 aliphatic carbocycles. The molecule has 0 radical (unpaired) electrons. The summed E-state index contributed by atoms with van der Waals surface area (Å²) in [6.45, 7) is 9.99. The number of hydrogen-bond donors (Lipinski definition) is 1. The molecular formula is C9H23NO. The van der Waals surface area contributed by atoms with Crippen molar-refractivity contribution in [1.82, 2.24) is 5.32 Å². The van der Waals surface area contributed by atoms with Crippen molar-refractivity contribution in [3.8, 4) is 0 Å². The van der Waals surface area contributed by atoms with Crippen molar-refractivity contribution in [1.29, 1.82) is 0 Å². The van der Waals surface area contributed by atoms with Gasteiger partial charge in [-0.05, 0) is 33.9 Å². The molecule has 0 saturated carbocycles. The summed E-state index contributed by atoms with van der Waals surface area (Å²) in [5.41, 5.74) is 0. The van der Waals surface area contributed by atoms with Crippen molar-refractivity contribution in [2.24, 2.45) is 0 Å². The molecule has 1 N–H and O–H groups in total. The van der Waals surface area contributed by atoms with Gasteiger partial charge in [-0.25, -0.2) is 0 Å². The maximum Gasteiger partial charge on any atom is 0.0558 e. The number of hydrogen-bond acceptors (Lipinski definition) is 2. The lowest BCUT2D eigenvalue weighted by atomic mass is 10.3. The predicted octanol–water partition coefficient (Wildman–Crippen LogP) is 2.05. The summed E-state index contributed by atoms with van der Waals surface area (Å²) in [7, 11) is 1.96. The van der Waals surface area contributed by atoms with Crippen molar-refractivity contribution in [3.05, 3.63) is 0 Å².